The van der Waals surface area contributed by atoms with E-state index in [1.54, 1.807) is 43.3 Å². The lowest BCUT2D eigenvalue weighted by atomic mass is 9.95. The number of amides is 2. The minimum absolute atomic E-state index is 0.0652. The van der Waals surface area contributed by atoms with Crippen LogP contribution >= 0.6 is 11.6 Å². The van der Waals surface area contributed by atoms with E-state index in [9.17, 15) is 18.0 Å². The maximum atomic E-state index is 13.8. The van der Waals surface area contributed by atoms with Crippen LogP contribution in [0, 0.1) is 0 Å². The average molecular weight is 566 g/mol. The second kappa shape index (κ2) is 13.2. The van der Waals surface area contributed by atoms with Gasteiger partial charge in [-0.2, -0.15) is 0 Å². The van der Waals surface area contributed by atoms with Gasteiger partial charge in [0.25, 0.3) is 0 Å². The Morgan fingerprint density at radius 2 is 1.79 bits per heavy atom. The lowest BCUT2D eigenvalue weighted by molar-refractivity contribution is -0.139. The SMILES string of the molecule is COc1ccc(OC)c(N(CC(=O)N(Cc2cccc(Cl)c2)C(C)C(=O)NC2CCCCC2)S(C)(=O)=O)c1. The highest BCUT2D eigenvalue weighted by Gasteiger charge is 2.32. The Morgan fingerprint density at radius 3 is 2.39 bits per heavy atom. The first-order valence-electron chi connectivity index (χ1n) is 12.6. The van der Waals surface area contributed by atoms with Gasteiger partial charge in [0.05, 0.1) is 26.2 Å². The molecule has 1 aliphatic rings. The summed E-state index contributed by atoms with van der Waals surface area (Å²) >= 11 is 6.17. The number of hydrogen-bond acceptors (Lipinski definition) is 6. The molecule has 0 aliphatic heterocycles. The maximum Gasteiger partial charge on any atom is 0.244 e. The van der Waals surface area contributed by atoms with Crippen molar-refractivity contribution in [3.8, 4) is 11.5 Å². The van der Waals surface area contributed by atoms with Crippen molar-refractivity contribution >= 4 is 39.1 Å². The topological polar surface area (TPSA) is 105 Å². The minimum Gasteiger partial charge on any atom is -0.497 e. The molecule has 1 saturated carbocycles. The molecule has 2 aromatic carbocycles. The number of nitrogens with zero attached hydrogens (tertiary/aromatic N) is 2. The molecule has 1 atom stereocenters. The fourth-order valence-corrected chi connectivity index (χ4v) is 5.63. The summed E-state index contributed by atoms with van der Waals surface area (Å²) < 4.78 is 37.4. The summed E-state index contributed by atoms with van der Waals surface area (Å²) in [7, 11) is -1.05. The maximum absolute atomic E-state index is 13.8. The van der Waals surface area contributed by atoms with Crippen LogP contribution in [0.2, 0.25) is 5.02 Å². The molecule has 11 heteroatoms. The van der Waals surface area contributed by atoms with Crippen LogP contribution in [0.15, 0.2) is 42.5 Å². The Labute approximate surface area is 230 Å². The van der Waals surface area contributed by atoms with Crippen LogP contribution in [0.3, 0.4) is 0 Å². The normalized spacial score (nSPS) is 14.9. The van der Waals surface area contributed by atoms with Crippen LogP contribution in [-0.4, -0.2) is 64.2 Å². The molecule has 9 nitrogen and oxygen atoms in total. The van der Waals surface area contributed by atoms with Crippen LogP contribution in [0.5, 0.6) is 11.5 Å². The Bertz CT molecular complexity index is 1230. The van der Waals surface area contributed by atoms with Gasteiger partial charge in [-0.3, -0.25) is 13.9 Å². The molecule has 0 heterocycles. The highest BCUT2D eigenvalue weighted by molar-refractivity contribution is 7.92. The van der Waals surface area contributed by atoms with Crippen molar-refractivity contribution in [2.24, 2.45) is 0 Å². The Kier molecular flexibility index (Phi) is 10.3. The summed E-state index contributed by atoms with van der Waals surface area (Å²) in [5, 5.41) is 3.57. The van der Waals surface area contributed by atoms with Crippen molar-refractivity contribution < 1.29 is 27.5 Å². The van der Waals surface area contributed by atoms with E-state index >= 15 is 0 Å². The van der Waals surface area contributed by atoms with E-state index in [0.717, 1.165) is 42.7 Å². The molecule has 0 saturated heterocycles. The molecule has 0 spiro atoms. The van der Waals surface area contributed by atoms with Gasteiger partial charge in [-0.15, -0.1) is 0 Å². The fraction of sp³-hybridized carbons (Fsp3) is 0.481. The van der Waals surface area contributed by atoms with E-state index < -0.39 is 28.5 Å². The smallest absolute Gasteiger partial charge is 0.244 e. The second-order valence-corrected chi connectivity index (χ2v) is 11.8. The first-order valence-corrected chi connectivity index (χ1v) is 14.8. The molecule has 0 bridgehead atoms. The van der Waals surface area contributed by atoms with Crippen molar-refractivity contribution in [3.63, 3.8) is 0 Å². The third kappa shape index (κ3) is 7.77. The van der Waals surface area contributed by atoms with Gasteiger partial charge >= 0.3 is 0 Å². The molecule has 1 fully saturated rings. The van der Waals surface area contributed by atoms with Gasteiger partial charge in [0, 0.05) is 23.7 Å². The van der Waals surface area contributed by atoms with Crippen LogP contribution in [0.1, 0.15) is 44.6 Å². The molecule has 0 radical (unpaired) electrons. The van der Waals surface area contributed by atoms with Crippen molar-refractivity contribution in [1.29, 1.82) is 0 Å². The van der Waals surface area contributed by atoms with E-state index in [0.29, 0.717) is 16.3 Å². The highest BCUT2D eigenvalue weighted by atomic mass is 35.5. The molecule has 1 unspecified atom stereocenters. The summed E-state index contributed by atoms with van der Waals surface area (Å²) in [5.74, 6) is -0.171. The lowest BCUT2D eigenvalue weighted by Crippen LogP contribution is -2.53. The third-order valence-corrected chi connectivity index (χ3v) is 8.06. The predicted octanol–water partition coefficient (Wildman–Crippen LogP) is 3.99. The van der Waals surface area contributed by atoms with E-state index in [4.69, 9.17) is 21.1 Å². The predicted molar refractivity (Wildman–Crippen MR) is 148 cm³/mol. The van der Waals surface area contributed by atoms with Gasteiger partial charge in [0.2, 0.25) is 21.8 Å². The molecule has 2 amide bonds. The molecule has 38 heavy (non-hydrogen) atoms. The Balaban J connectivity index is 1.93. The number of hydrogen-bond donors (Lipinski definition) is 1. The molecule has 208 valence electrons. The zero-order valence-electron chi connectivity index (χ0n) is 22.3. The number of nitrogens with one attached hydrogen (secondary N) is 1. The number of anilines is 1. The minimum atomic E-state index is -3.92. The van der Waals surface area contributed by atoms with Crippen molar-refractivity contribution in [2.45, 2.75) is 57.7 Å². The molecular weight excluding hydrogens is 530 g/mol. The molecule has 1 aliphatic carbocycles. The van der Waals surface area contributed by atoms with E-state index in [1.165, 1.54) is 25.2 Å². The van der Waals surface area contributed by atoms with Crippen molar-refractivity contribution in [2.75, 3.05) is 31.3 Å². The van der Waals surface area contributed by atoms with Gasteiger partial charge in [0.1, 0.15) is 24.1 Å². The molecule has 2 aromatic rings. The summed E-state index contributed by atoms with van der Waals surface area (Å²) in [4.78, 5) is 28.4. The number of rotatable bonds is 11. The molecule has 3 rings (SSSR count). The third-order valence-electron chi connectivity index (χ3n) is 6.69. The summed E-state index contributed by atoms with van der Waals surface area (Å²) in [6, 6.07) is 10.9. The van der Waals surface area contributed by atoms with Crippen LogP contribution < -0.4 is 19.1 Å². The van der Waals surface area contributed by atoms with Crippen LogP contribution in [0.25, 0.3) is 0 Å². The van der Waals surface area contributed by atoms with Gasteiger partial charge in [-0.05, 0) is 49.6 Å². The van der Waals surface area contributed by atoms with E-state index in [1.807, 2.05) is 0 Å². The standard InChI is InChI=1S/C27H36ClN3O6S/c1-19(27(33)29-22-11-6-5-7-12-22)30(17-20-9-8-10-21(28)15-20)26(32)18-31(38(4,34)35)24-16-23(36-2)13-14-25(24)37-3/h8-10,13-16,19,22H,5-7,11-12,17-18H2,1-4H3,(H,29,33). The van der Waals surface area contributed by atoms with Crippen molar-refractivity contribution in [3.05, 3.63) is 53.1 Å². The van der Waals surface area contributed by atoms with Crippen LogP contribution in [0.4, 0.5) is 5.69 Å². The van der Waals surface area contributed by atoms with E-state index in [-0.39, 0.29) is 29.9 Å². The summed E-state index contributed by atoms with van der Waals surface area (Å²) in [6.07, 6.45) is 6.07. The van der Waals surface area contributed by atoms with E-state index in [2.05, 4.69) is 5.32 Å². The van der Waals surface area contributed by atoms with Gasteiger partial charge < -0.3 is 19.7 Å². The number of methoxy groups -OCH3 is 2. The zero-order valence-corrected chi connectivity index (χ0v) is 23.8. The lowest BCUT2D eigenvalue weighted by Gasteiger charge is -2.33. The highest BCUT2D eigenvalue weighted by Crippen LogP contribution is 2.34. The largest absolute Gasteiger partial charge is 0.497 e. The number of benzene rings is 2. The Morgan fingerprint density at radius 1 is 1.08 bits per heavy atom. The second-order valence-electron chi connectivity index (χ2n) is 9.48. The van der Waals surface area contributed by atoms with Gasteiger partial charge in [0.15, 0.2) is 0 Å². The zero-order chi connectivity index (χ0) is 27.9. The summed E-state index contributed by atoms with van der Waals surface area (Å²) in [5.41, 5.74) is 0.873. The number of sulfonamides is 1. The van der Waals surface area contributed by atoms with Gasteiger partial charge in [-0.1, -0.05) is 43.0 Å². The molecular formula is C27H36ClN3O6S. The first kappa shape index (κ1) is 29.6. The molecule has 0 aromatic heterocycles. The monoisotopic (exact) mass is 565 g/mol. The fourth-order valence-electron chi connectivity index (χ4n) is 4.57. The number of ether oxygens (including phenoxy) is 2. The average Bonchev–Trinajstić information content (AvgIpc) is 2.89. The van der Waals surface area contributed by atoms with Crippen LogP contribution in [-0.2, 0) is 26.2 Å². The number of carbonyl (C=O) groups is 2. The first-order chi connectivity index (χ1) is 18.0. The number of carbonyl (C=O) groups excluding carboxylic acids is 2. The Hall–Kier alpha value is -2.98. The van der Waals surface area contributed by atoms with Gasteiger partial charge in [-0.25, -0.2) is 8.42 Å². The quantitative estimate of drug-likeness (QED) is 0.442. The van der Waals surface area contributed by atoms with Crippen molar-refractivity contribution in [1.82, 2.24) is 10.2 Å². The summed E-state index contributed by atoms with van der Waals surface area (Å²) in [6.45, 7) is 1.19. The number of halogens is 1. The molecule has 1 N–H and O–H groups in total.